The average Bonchev–Trinajstić information content (AvgIpc) is 2.96. The second-order valence-corrected chi connectivity index (χ2v) is 4.05. The van der Waals surface area contributed by atoms with Crippen LogP contribution in [0.5, 0.6) is 0 Å². The fourth-order valence-electron chi connectivity index (χ4n) is 1.53. The molecule has 0 radical (unpaired) electrons. The molecule has 0 aliphatic heterocycles. The van der Waals surface area contributed by atoms with Crippen molar-refractivity contribution in [2.45, 2.75) is 44.3 Å². The average molecular weight is 239 g/mol. The van der Waals surface area contributed by atoms with E-state index in [9.17, 15) is 18.0 Å². The minimum atomic E-state index is -4.32. The van der Waals surface area contributed by atoms with E-state index in [0.717, 1.165) is 4.90 Å². The zero-order chi connectivity index (χ0) is 12.2. The number of unbranched alkanes of at least 4 members (excludes halogenated alkanes) is 1. The van der Waals surface area contributed by atoms with Crippen molar-refractivity contribution in [1.82, 2.24) is 4.90 Å². The molecular weight excluding hydrogens is 223 g/mol. The van der Waals surface area contributed by atoms with Crippen LogP contribution in [0.2, 0.25) is 0 Å². The molecular formula is C10H16F3NO2. The summed E-state index contributed by atoms with van der Waals surface area (Å²) in [5, 5.41) is 8.52. The molecule has 0 aromatic carbocycles. The first-order valence-electron chi connectivity index (χ1n) is 5.41. The molecule has 0 unspecified atom stereocenters. The second kappa shape index (κ2) is 5.52. The first kappa shape index (κ1) is 13.3. The molecule has 0 atom stereocenters. The van der Waals surface area contributed by atoms with Crippen LogP contribution in [0.25, 0.3) is 0 Å². The molecule has 1 aliphatic rings. The Morgan fingerprint density at radius 2 is 1.94 bits per heavy atom. The summed E-state index contributed by atoms with van der Waals surface area (Å²) in [6.45, 7) is -1.17. The van der Waals surface area contributed by atoms with Gasteiger partial charge < -0.3 is 10.0 Å². The lowest BCUT2D eigenvalue weighted by molar-refractivity contribution is -0.162. The molecule has 0 spiro atoms. The summed E-state index contributed by atoms with van der Waals surface area (Å²) in [4.78, 5) is 12.4. The lowest BCUT2D eigenvalue weighted by Gasteiger charge is -2.23. The van der Waals surface area contributed by atoms with E-state index in [1.54, 1.807) is 0 Å². The number of hydrogen-bond donors (Lipinski definition) is 1. The van der Waals surface area contributed by atoms with E-state index < -0.39 is 18.6 Å². The first-order valence-corrected chi connectivity index (χ1v) is 5.41. The monoisotopic (exact) mass is 239 g/mol. The van der Waals surface area contributed by atoms with E-state index in [1.807, 2.05) is 0 Å². The number of halogens is 3. The maximum absolute atomic E-state index is 12.2. The highest BCUT2D eigenvalue weighted by molar-refractivity contribution is 5.76. The van der Waals surface area contributed by atoms with Crippen LogP contribution >= 0.6 is 0 Å². The van der Waals surface area contributed by atoms with Crippen LogP contribution in [0.1, 0.15) is 32.1 Å². The smallest absolute Gasteiger partial charge is 0.396 e. The van der Waals surface area contributed by atoms with Crippen molar-refractivity contribution in [1.29, 1.82) is 0 Å². The number of hydrogen-bond acceptors (Lipinski definition) is 2. The summed E-state index contributed by atoms with van der Waals surface area (Å²) < 4.78 is 36.6. The lowest BCUT2D eigenvalue weighted by atomic mass is 10.2. The molecule has 1 saturated carbocycles. The molecule has 6 heteroatoms. The van der Waals surface area contributed by atoms with Crippen LogP contribution in [0, 0.1) is 0 Å². The van der Waals surface area contributed by atoms with E-state index >= 15 is 0 Å². The first-order chi connectivity index (χ1) is 7.44. The minimum Gasteiger partial charge on any atom is -0.396 e. The zero-order valence-electron chi connectivity index (χ0n) is 8.96. The summed E-state index contributed by atoms with van der Waals surface area (Å²) in [5.41, 5.74) is 0. The Bertz CT molecular complexity index is 239. The van der Waals surface area contributed by atoms with Gasteiger partial charge in [0.1, 0.15) is 6.54 Å². The fourth-order valence-corrected chi connectivity index (χ4v) is 1.53. The van der Waals surface area contributed by atoms with Crippen molar-refractivity contribution in [2.24, 2.45) is 0 Å². The SMILES string of the molecule is O=C(CCCCO)N(CC(F)(F)F)C1CC1. The van der Waals surface area contributed by atoms with Gasteiger partial charge in [-0.2, -0.15) is 13.2 Å². The fraction of sp³-hybridized carbons (Fsp3) is 0.900. The van der Waals surface area contributed by atoms with Gasteiger partial charge in [-0.05, 0) is 25.7 Å². The standard InChI is InChI=1S/C10H16F3NO2/c11-10(12,13)7-14(8-4-5-8)9(16)3-1-2-6-15/h8,15H,1-7H2. The van der Waals surface area contributed by atoms with Gasteiger partial charge in [-0.25, -0.2) is 0 Å². The van der Waals surface area contributed by atoms with Gasteiger partial charge in [0, 0.05) is 19.1 Å². The minimum absolute atomic E-state index is 0.0318. The van der Waals surface area contributed by atoms with Crippen molar-refractivity contribution in [3.63, 3.8) is 0 Å². The normalized spacial score (nSPS) is 16.2. The number of nitrogens with zero attached hydrogens (tertiary/aromatic N) is 1. The summed E-state index contributed by atoms with van der Waals surface area (Å²) in [7, 11) is 0. The maximum atomic E-state index is 12.2. The van der Waals surface area contributed by atoms with Gasteiger partial charge in [0.25, 0.3) is 0 Å². The molecule has 0 aromatic heterocycles. The molecule has 3 nitrogen and oxygen atoms in total. The van der Waals surface area contributed by atoms with E-state index in [1.165, 1.54) is 0 Å². The predicted molar refractivity (Wildman–Crippen MR) is 51.7 cm³/mol. The summed E-state index contributed by atoms with van der Waals surface area (Å²) >= 11 is 0. The summed E-state index contributed by atoms with van der Waals surface area (Å²) in [6.07, 6.45) is -2.00. The van der Waals surface area contributed by atoms with E-state index in [2.05, 4.69) is 0 Å². The summed E-state index contributed by atoms with van der Waals surface area (Å²) in [5.74, 6) is -0.451. The van der Waals surface area contributed by atoms with Gasteiger partial charge in [-0.15, -0.1) is 0 Å². The third-order valence-corrected chi connectivity index (χ3v) is 2.46. The number of alkyl halides is 3. The molecule has 0 aromatic rings. The van der Waals surface area contributed by atoms with Gasteiger partial charge >= 0.3 is 6.18 Å². The van der Waals surface area contributed by atoms with Crippen molar-refractivity contribution in [3.8, 4) is 0 Å². The molecule has 1 aliphatic carbocycles. The molecule has 1 amide bonds. The van der Waals surface area contributed by atoms with Crippen molar-refractivity contribution < 1.29 is 23.1 Å². The van der Waals surface area contributed by atoms with Crippen molar-refractivity contribution in [2.75, 3.05) is 13.2 Å². The van der Waals surface area contributed by atoms with Crippen LogP contribution < -0.4 is 0 Å². The summed E-state index contributed by atoms with van der Waals surface area (Å²) in [6, 6.07) is -0.219. The second-order valence-electron chi connectivity index (χ2n) is 4.05. The number of carbonyl (C=O) groups excluding carboxylic acids is 1. The van der Waals surface area contributed by atoms with Crippen LogP contribution in [-0.4, -0.2) is 41.3 Å². The largest absolute Gasteiger partial charge is 0.406 e. The van der Waals surface area contributed by atoms with Crippen LogP contribution in [0.15, 0.2) is 0 Å². The van der Waals surface area contributed by atoms with Gasteiger partial charge in [-0.3, -0.25) is 4.79 Å². The molecule has 1 N–H and O–H groups in total. The number of amides is 1. The molecule has 1 rings (SSSR count). The Morgan fingerprint density at radius 3 is 2.38 bits per heavy atom. The molecule has 94 valence electrons. The van der Waals surface area contributed by atoms with Crippen molar-refractivity contribution in [3.05, 3.63) is 0 Å². The lowest BCUT2D eigenvalue weighted by Crippen LogP contribution is -2.40. The third kappa shape index (κ3) is 4.83. The van der Waals surface area contributed by atoms with Crippen LogP contribution in [0.4, 0.5) is 13.2 Å². The number of aliphatic hydroxyl groups excluding tert-OH is 1. The van der Waals surface area contributed by atoms with Crippen molar-refractivity contribution >= 4 is 5.91 Å². The Balaban J connectivity index is 2.40. The van der Waals surface area contributed by atoms with E-state index in [4.69, 9.17) is 5.11 Å². The van der Waals surface area contributed by atoms with Crippen LogP contribution in [0.3, 0.4) is 0 Å². The molecule has 0 saturated heterocycles. The molecule has 0 bridgehead atoms. The zero-order valence-corrected chi connectivity index (χ0v) is 8.96. The Hall–Kier alpha value is -0.780. The van der Waals surface area contributed by atoms with E-state index in [0.29, 0.717) is 25.7 Å². The predicted octanol–water partition coefficient (Wildman–Crippen LogP) is 1.70. The maximum Gasteiger partial charge on any atom is 0.406 e. The Labute approximate surface area is 92.2 Å². The highest BCUT2D eigenvalue weighted by Gasteiger charge is 2.40. The molecule has 1 fully saturated rings. The topological polar surface area (TPSA) is 40.5 Å². The highest BCUT2D eigenvalue weighted by atomic mass is 19.4. The van der Waals surface area contributed by atoms with Gasteiger partial charge in [-0.1, -0.05) is 0 Å². The third-order valence-electron chi connectivity index (χ3n) is 2.46. The molecule has 16 heavy (non-hydrogen) atoms. The van der Waals surface area contributed by atoms with Gasteiger partial charge in [0.15, 0.2) is 0 Å². The Morgan fingerprint density at radius 1 is 1.31 bits per heavy atom. The van der Waals surface area contributed by atoms with Crippen LogP contribution in [-0.2, 0) is 4.79 Å². The Kier molecular flexibility index (Phi) is 4.58. The van der Waals surface area contributed by atoms with Gasteiger partial charge in [0.05, 0.1) is 0 Å². The number of aliphatic hydroxyl groups is 1. The molecule has 0 heterocycles. The van der Waals surface area contributed by atoms with E-state index in [-0.39, 0.29) is 19.1 Å². The highest BCUT2D eigenvalue weighted by Crippen LogP contribution is 2.30. The number of carbonyl (C=O) groups is 1. The quantitative estimate of drug-likeness (QED) is 0.717. The number of rotatable bonds is 6. The van der Waals surface area contributed by atoms with Gasteiger partial charge in [0.2, 0.25) is 5.91 Å².